The molecule has 2 aromatic rings. The number of nitrogens with zero attached hydrogens (tertiary/aromatic N) is 1. The van der Waals surface area contributed by atoms with Gasteiger partial charge in [0, 0.05) is 23.7 Å². The molecule has 0 saturated carbocycles. The lowest BCUT2D eigenvalue weighted by Crippen LogP contribution is -2.31. The maximum atomic E-state index is 12.2. The van der Waals surface area contributed by atoms with E-state index in [1.807, 2.05) is 32.0 Å². The molecule has 0 fully saturated rings. The van der Waals surface area contributed by atoms with Crippen LogP contribution in [-0.4, -0.2) is 27.1 Å². The summed E-state index contributed by atoms with van der Waals surface area (Å²) in [6, 6.07) is 10.4. The van der Waals surface area contributed by atoms with Gasteiger partial charge in [0.25, 0.3) is 0 Å². The van der Waals surface area contributed by atoms with Crippen LogP contribution in [0.5, 0.6) is 0 Å². The number of hydrogen-bond acceptors (Lipinski definition) is 3. The van der Waals surface area contributed by atoms with E-state index in [0.717, 1.165) is 23.1 Å². The number of anilines is 2. The van der Waals surface area contributed by atoms with Crippen LogP contribution in [0.1, 0.15) is 24.0 Å². The molecule has 2 rings (SSSR count). The Bertz CT molecular complexity index is 926. The molecule has 8 heteroatoms. The first-order chi connectivity index (χ1) is 12.6. The first kappa shape index (κ1) is 21.5. The van der Waals surface area contributed by atoms with Crippen molar-refractivity contribution in [3.05, 3.63) is 57.6 Å². The highest BCUT2D eigenvalue weighted by atomic mass is 35.5. The molecular weight excluding hydrogens is 407 g/mol. The van der Waals surface area contributed by atoms with Crippen molar-refractivity contribution in [1.29, 1.82) is 0 Å². The van der Waals surface area contributed by atoms with Gasteiger partial charge in [0.05, 0.1) is 17.0 Å². The van der Waals surface area contributed by atoms with Crippen LogP contribution in [0.3, 0.4) is 0 Å². The largest absolute Gasteiger partial charge is 0.326 e. The molecular formula is C19H22Cl2N2O3S. The monoisotopic (exact) mass is 428 g/mol. The van der Waals surface area contributed by atoms with Crippen molar-refractivity contribution in [3.63, 3.8) is 0 Å². The highest BCUT2D eigenvalue weighted by molar-refractivity contribution is 7.92. The van der Waals surface area contributed by atoms with E-state index in [1.54, 1.807) is 12.1 Å². The molecule has 0 atom stereocenters. The van der Waals surface area contributed by atoms with E-state index in [1.165, 1.54) is 10.4 Å². The quantitative estimate of drug-likeness (QED) is 0.688. The molecule has 146 valence electrons. The first-order valence-corrected chi connectivity index (χ1v) is 11.0. The third-order valence-corrected chi connectivity index (χ3v) is 5.58. The van der Waals surface area contributed by atoms with Gasteiger partial charge in [0.15, 0.2) is 0 Å². The van der Waals surface area contributed by atoms with E-state index >= 15 is 0 Å². The average molecular weight is 429 g/mol. The number of aryl methyl sites for hydroxylation is 2. The Kier molecular flexibility index (Phi) is 7.14. The van der Waals surface area contributed by atoms with Gasteiger partial charge in [-0.2, -0.15) is 0 Å². The molecule has 0 radical (unpaired) electrons. The highest BCUT2D eigenvalue weighted by Gasteiger charge is 2.20. The molecule has 0 aliphatic heterocycles. The number of hydrogen-bond donors (Lipinski definition) is 1. The van der Waals surface area contributed by atoms with Crippen LogP contribution in [0.2, 0.25) is 10.0 Å². The Labute approximate surface area is 170 Å². The molecule has 5 nitrogen and oxygen atoms in total. The first-order valence-electron chi connectivity index (χ1n) is 8.37. The number of halogens is 2. The fourth-order valence-corrected chi connectivity index (χ4v) is 4.20. The normalized spacial score (nSPS) is 11.3. The van der Waals surface area contributed by atoms with Gasteiger partial charge in [0.1, 0.15) is 0 Å². The number of nitrogens with one attached hydrogen (secondary N) is 1. The molecule has 0 spiro atoms. The van der Waals surface area contributed by atoms with E-state index in [9.17, 15) is 13.2 Å². The molecule has 0 unspecified atom stereocenters. The molecule has 0 aliphatic carbocycles. The van der Waals surface area contributed by atoms with Crippen LogP contribution in [0.15, 0.2) is 36.4 Å². The molecule has 0 saturated heterocycles. The van der Waals surface area contributed by atoms with Gasteiger partial charge in [-0.15, -0.1) is 0 Å². The van der Waals surface area contributed by atoms with Crippen LogP contribution in [0, 0.1) is 13.8 Å². The van der Waals surface area contributed by atoms with E-state index < -0.39 is 10.0 Å². The number of rotatable bonds is 7. The lowest BCUT2D eigenvalue weighted by atomic mass is 10.1. The highest BCUT2D eigenvalue weighted by Crippen LogP contribution is 2.30. The van der Waals surface area contributed by atoms with Gasteiger partial charge in [-0.05, 0) is 61.7 Å². The van der Waals surface area contributed by atoms with E-state index in [2.05, 4.69) is 5.32 Å². The van der Waals surface area contributed by atoms with Crippen molar-refractivity contribution in [2.75, 3.05) is 22.4 Å². The zero-order chi connectivity index (χ0) is 20.2. The predicted octanol–water partition coefficient (Wildman–Crippen LogP) is 4.80. The van der Waals surface area contributed by atoms with Crippen molar-refractivity contribution in [3.8, 4) is 0 Å². The SMILES string of the molecule is Cc1cc(C)cc(NC(=O)CCCN(c2cc(Cl)ccc2Cl)S(C)(=O)=O)c1. The van der Waals surface area contributed by atoms with Gasteiger partial charge in [0.2, 0.25) is 15.9 Å². The number of amides is 1. The fourth-order valence-electron chi connectivity index (χ4n) is 2.80. The zero-order valence-corrected chi connectivity index (χ0v) is 17.7. The van der Waals surface area contributed by atoms with Crippen LogP contribution in [0.4, 0.5) is 11.4 Å². The molecule has 0 heterocycles. The lowest BCUT2D eigenvalue weighted by Gasteiger charge is -2.23. The molecule has 1 amide bonds. The number of benzene rings is 2. The third kappa shape index (κ3) is 6.41. The van der Waals surface area contributed by atoms with Crippen molar-refractivity contribution in [1.82, 2.24) is 0 Å². The van der Waals surface area contributed by atoms with E-state index in [4.69, 9.17) is 23.2 Å². The van der Waals surface area contributed by atoms with E-state index in [-0.39, 0.29) is 23.9 Å². The van der Waals surface area contributed by atoms with Crippen molar-refractivity contribution in [2.45, 2.75) is 26.7 Å². The topological polar surface area (TPSA) is 66.5 Å². The van der Waals surface area contributed by atoms with Gasteiger partial charge in [-0.1, -0.05) is 29.3 Å². The second kappa shape index (κ2) is 8.95. The summed E-state index contributed by atoms with van der Waals surface area (Å²) in [7, 11) is -3.57. The zero-order valence-electron chi connectivity index (χ0n) is 15.4. The summed E-state index contributed by atoms with van der Waals surface area (Å²) in [6.07, 6.45) is 1.61. The number of carbonyl (C=O) groups excluding carboxylic acids is 1. The predicted molar refractivity (Wildman–Crippen MR) is 112 cm³/mol. The van der Waals surface area contributed by atoms with Crippen molar-refractivity contribution in [2.24, 2.45) is 0 Å². The van der Waals surface area contributed by atoms with Crippen LogP contribution in [-0.2, 0) is 14.8 Å². The van der Waals surface area contributed by atoms with Gasteiger partial charge in [-0.3, -0.25) is 9.10 Å². The van der Waals surface area contributed by atoms with Gasteiger partial charge < -0.3 is 5.32 Å². The van der Waals surface area contributed by atoms with Crippen LogP contribution < -0.4 is 9.62 Å². The van der Waals surface area contributed by atoms with E-state index in [0.29, 0.717) is 17.1 Å². The van der Waals surface area contributed by atoms with Crippen molar-refractivity contribution >= 4 is 50.5 Å². The average Bonchev–Trinajstić information content (AvgIpc) is 2.52. The minimum atomic E-state index is -3.57. The number of carbonyl (C=O) groups is 1. The standard InChI is InChI=1S/C19H22Cl2N2O3S/c1-13-9-14(2)11-16(10-13)22-19(24)5-4-8-23(27(3,25)26)18-12-15(20)6-7-17(18)21/h6-7,9-12H,4-5,8H2,1-3H3,(H,22,24). The number of sulfonamides is 1. The summed E-state index contributed by atoms with van der Waals surface area (Å²) in [5.41, 5.74) is 3.16. The second-order valence-electron chi connectivity index (χ2n) is 6.46. The summed E-state index contributed by atoms with van der Waals surface area (Å²) >= 11 is 12.1. The Morgan fingerprint density at radius 1 is 1.07 bits per heavy atom. The van der Waals surface area contributed by atoms with Gasteiger partial charge in [-0.25, -0.2) is 8.42 Å². The summed E-state index contributed by atoms with van der Waals surface area (Å²) in [4.78, 5) is 12.2. The molecule has 2 aromatic carbocycles. The summed E-state index contributed by atoms with van der Waals surface area (Å²) in [5.74, 6) is -0.175. The fraction of sp³-hybridized carbons (Fsp3) is 0.316. The Morgan fingerprint density at radius 2 is 1.70 bits per heavy atom. The Hall–Kier alpha value is -1.76. The maximum absolute atomic E-state index is 12.2. The minimum absolute atomic E-state index is 0.124. The molecule has 0 bridgehead atoms. The summed E-state index contributed by atoms with van der Waals surface area (Å²) in [6.45, 7) is 4.04. The molecule has 27 heavy (non-hydrogen) atoms. The smallest absolute Gasteiger partial charge is 0.232 e. The minimum Gasteiger partial charge on any atom is -0.326 e. The molecule has 0 aromatic heterocycles. The summed E-state index contributed by atoms with van der Waals surface area (Å²) in [5, 5.41) is 3.51. The van der Waals surface area contributed by atoms with Crippen LogP contribution in [0.25, 0.3) is 0 Å². The third-order valence-electron chi connectivity index (χ3n) is 3.85. The molecule has 0 aliphatic rings. The van der Waals surface area contributed by atoms with Crippen molar-refractivity contribution < 1.29 is 13.2 Å². The maximum Gasteiger partial charge on any atom is 0.232 e. The Balaban J connectivity index is 2.03. The van der Waals surface area contributed by atoms with Crippen LogP contribution >= 0.6 is 23.2 Å². The lowest BCUT2D eigenvalue weighted by molar-refractivity contribution is -0.116. The Morgan fingerprint density at radius 3 is 2.30 bits per heavy atom. The molecule has 1 N–H and O–H groups in total. The second-order valence-corrected chi connectivity index (χ2v) is 9.21. The summed E-state index contributed by atoms with van der Waals surface area (Å²) < 4.78 is 25.5. The van der Waals surface area contributed by atoms with Gasteiger partial charge >= 0.3 is 0 Å².